The van der Waals surface area contributed by atoms with Crippen molar-refractivity contribution in [2.24, 2.45) is 5.10 Å². The van der Waals surface area contributed by atoms with Crippen LogP contribution in [-0.4, -0.2) is 50.6 Å². The summed E-state index contributed by atoms with van der Waals surface area (Å²) in [5, 5.41) is 3.86. The Bertz CT molecular complexity index is 1200. The third-order valence-electron chi connectivity index (χ3n) is 4.59. The zero-order valence-electron chi connectivity index (χ0n) is 18.2. The van der Waals surface area contributed by atoms with Crippen LogP contribution in [-0.2, 0) is 21.4 Å². The smallest absolute Gasteiger partial charge is 0.255 e. The van der Waals surface area contributed by atoms with Gasteiger partial charge < -0.3 is 9.47 Å². The molecule has 2 aromatic carbocycles. The highest BCUT2D eigenvalue weighted by Crippen LogP contribution is 2.31. The Balaban J connectivity index is 1.84. The lowest BCUT2D eigenvalue weighted by Gasteiger charge is -2.22. The van der Waals surface area contributed by atoms with Crippen molar-refractivity contribution in [3.63, 3.8) is 0 Å². The predicted octanol–water partition coefficient (Wildman–Crippen LogP) is 2.44. The Morgan fingerprint density at radius 2 is 1.76 bits per heavy atom. The number of sulfonamides is 1. The van der Waals surface area contributed by atoms with Crippen molar-refractivity contribution < 1.29 is 22.7 Å². The van der Waals surface area contributed by atoms with Crippen molar-refractivity contribution >= 4 is 22.1 Å². The first-order valence-electron chi connectivity index (χ1n) is 9.93. The lowest BCUT2D eigenvalue weighted by Crippen LogP contribution is -2.39. The van der Waals surface area contributed by atoms with Gasteiger partial charge in [-0.1, -0.05) is 36.4 Å². The van der Waals surface area contributed by atoms with Crippen molar-refractivity contribution in [2.45, 2.75) is 11.4 Å². The van der Waals surface area contributed by atoms with Crippen LogP contribution >= 0.6 is 0 Å². The van der Waals surface area contributed by atoms with Gasteiger partial charge in [0.25, 0.3) is 5.91 Å². The first-order chi connectivity index (χ1) is 15.9. The molecule has 0 aliphatic rings. The first-order valence-corrected chi connectivity index (χ1v) is 11.4. The SMILES string of the molecule is COc1ccc(S(=O)(=O)N(CC(=O)N/N=C/c2ccccn2)Cc2ccccc2)cc1OC. The Morgan fingerprint density at radius 3 is 2.42 bits per heavy atom. The van der Waals surface area contributed by atoms with Gasteiger partial charge in [-0.05, 0) is 29.8 Å². The molecular formula is C23H24N4O5S. The number of hydrogen-bond acceptors (Lipinski definition) is 7. The lowest BCUT2D eigenvalue weighted by molar-refractivity contribution is -0.121. The highest BCUT2D eigenvalue weighted by Gasteiger charge is 2.28. The van der Waals surface area contributed by atoms with Crippen LogP contribution in [0.3, 0.4) is 0 Å². The summed E-state index contributed by atoms with van der Waals surface area (Å²) in [6, 6.07) is 18.5. The van der Waals surface area contributed by atoms with E-state index in [0.717, 1.165) is 9.87 Å². The van der Waals surface area contributed by atoms with Gasteiger partial charge in [-0.2, -0.15) is 9.41 Å². The predicted molar refractivity (Wildman–Crippen MR) is 124 cm³/mol. The number of benzene rings is 2. The number of nitrogens with zero attached hydrogens (tertiary/aromatic N) is 3. The molecule has 0 saturated carbocycles. The van der Waals surface area contributed by atoms with Crippen molar-refractivity contribution in [3.05, 3.63) is 84.2 Å². The molecule has 0 bridgehead atoms. The maximum Gasteiger partial charge on any atom is 0.255 e. The van der Waals surface area contributed by atoms with Crippen LogP contribution < -0.4 is 14.9 Å². The summed E-state index contributed by atoms with van der Waals surface area (Å²) in [5.41, 5.74) is 3.63. The van der Waals surface area contributed by atoms with Crippen molar-refractivity contribution in [1.29, 1.82) is 0 Å². The topological polar surface area (TPSA) is 110 Å². The largest absolute Gasteiger partial charge is 0.493 e. The highest BCUT2D eigenvalue weighted by atomic mass is 32.2. The van der Waals surface area contributed by atoms with Gasteiger partial charge in [0.05, 0.1) is 37.6 Å². The molecular weight excluding hydrogens is 444 g/mol. The molecule has 10 heteroatoms. The van der Waals surface area contributed by atoms with Gasteiger partial charge in [-0.25, -0.2) is 13.8 Å². The number of ether oxygens (including phenoxy) is 2. The monoisotopic (exact) mass is 468 g/mol. The molecule has 1 heterocycles. The van der Waals surface area contributed by atoms with Crippen molar-refractivity contribution in [2.75, 3.05) is 20.8 Å². The Labute approximate surface area is 192 Å². The number of pyridine rings is 1. The minimum atomic E-state index is -4.06. The van der Waals surface area contributed by atoms with E-state index in [4.69, 9.17) is 9.47 Å². The fourth-order valence-electron chi connectivity index (χ4n) is 2.96. The van der Waals surface area contributed by atoms with Gasteiger partial charge in [-0.15, -0.1) is 0 Å². The molecule has 0 radical (unpaired) electrons. The number of nitrogens with one attached hydrogen (secondary N) is 1. The number of amides is 1. The van der Waals surface area contributed by atoms with E-state index in [1.165, 1.54) is 38.6 Å². The fourth-order valence-corrected chi connectivity index (χ4v) is 4.36. The third-order valence-corrected chi connectivity index (χ3v) is 6.38. The molecule has 0 atom stereocenters. The van der Waals surface area contributed by atoms with Gasteiger partial charge in [0.1, 0.15) is 0 Å². The van der Waals surface area contributed by atoms with E-state index in [1.54, 1.807) is 48.7 Å². The number of carbonyl (C=O) groups excluding carboxylic acids is 1. The molecule has 1 aromatic heterocycles. The molecule has 0 aliphatic carbocycles. The van der Waals surface area contributed by atoms with E-state index in [9.17, 15) is 13.2 Å². The van der Waals surface area contributed by atoms with E-state index in [1.807, 2.05) is 6.07 Å². The highest BCUT2D eigenvalue weighted by molar-refractivity contribution is 7.89. The standard InChI is InChI=1S/C23H24N4O5S/c1-31-21-12-11-20(14-22(21)32-2)33(29,30)27(16-18-8-4-3-5-9-18)17-23(28)26-25-15-19-10-6-7-13-24-19/h3-15H,16-17H2,1-2H3,(H,26,28)/b25-15+. The molecule has 0 saturated heterocycles. The van der Waals surface area contributed by atoms with E-state index in [-0.39, 0.29) is 17.2 Å². The molecule has 0 spiro atoms. The molecule has 1 amide bonds. The molecule has 9 nitrogen and oxygen atoms in total. The Morgan fingerprint density at radius 1 is 1.03 bits per heavy atom. The minimum absolute atomic E-state index is 0.00507. The van der Waals surface area contributed by atoms with Gasteiger partial charge in [0.2, 0.25) is 10.0 Å². The molecule has 0 fully saturated rings. The average molecular weight is 469 g/mol. The summed E-state index contributed by atoms with van der Waals surface area (Å²) in [4.78, 5) is 16.6. The molecule has 0 aliphatic heterocycles. The first kappa shape index (κ1) is 23.9. The van der Waals surface area contributed by atoms with Crippen LogP contribution in [0.1, 0.15) is 11.3 Å². The summed E-state index contributed by atoms with van der Waals surface area (Å²) in [6.45, 7) is -0.444. The Kier molecular flexibility index (Phi) is 8.11. The number of hydrogen-bond donors (Lipinski definition) is 1. The van der Waals surface area contributed by atoms with Crippen LogP contribution in [0.4, 0.5) is 0 Å². The van der Waals surface area contributed by atoms with E-state index in [0.29, 0.717) is 11.4 Å². The fraction of sp³-hybridized carbons (Fsp3) is 0.174. The molecule has 172 valence electrons. The van der Waals surface area contributed by atoms with E-state index >= 15 is 0 Å². The van der Waals surface area contributed by atoms with Crippen LogP contribution in [0, 0.1) is 0 Å². The molecule has 3 aromatic rings. The Hall–Kier alpha value is -3.76. The lowest BCUT2D eigenvalue weighted by atomic mass is 10.2. The summed E-state index contributed by atoms with van der Waals surface area (Å²) in [5.74, 6) is 0.0671. The number of methoxy groups -OCH3 is 2. The number of hydrazone groups is 1. The molecule has 1 N–H and O–H groups in total. The zero-order valence-corrected chi connectivity index (χ0v) is 19.0. The summed E-state index contributed by atoms with van der Waals surface area (Å²) in [7, 11) is -1.17. The second kappa shape index (κ2) is 11.2. The maximum atomic E-state index is 13.4. The van der Waals surface area contributed by atoms with Crippen LogP contribution in [0.2, 0.25) is 0 Å². The minimum Gasteiger partial charge on any atom is -0.493 e. The summed E-state index contributed by atoms with van der Waals surface area (Å²) >= 11 is 0. The second-order valence-corrected chi connectivity index (χ2v) is 8.76. The third kappa shape index (κ3) is 6.37. The molecule has 3 rings (SSSR count). The van der Waals surface area contributed by atoms with Crippen molar-refractivity contribution in [3.8, 4) is 11.5 Å². The maximum absolute atomic E-state index is 13.4. The van der Waals surface area contributed by atoms with Crippen LogP contribution in [0.15, 0.2) is 82.9 Å². The number of aromatic nitrogens is 1. The van der Waals surface area contributed by atoms with Gasteiger partial charge in [0.15, 0.2) is 11.5 Å². The van der Waals surface area contributed by atoms with Gasteiger partial charge in [0, 0.05) is 18.8 Å². The van der Waals surface area contributed by atoms with E-state index < -0.39 is 22.5 Å². The van der Waals surface area contributed by atoms with Gasteiger partial charge in [-0.3, -0.25) is 9.78 Å². The van der Waals surface area contributed by atoms with Crippen molar-refractivity contribution in [1.82, 2.24) is 14.7 Å². The van der Waals surface area contributed by atoms with E-state index in [2.05, 4.69) is 15.5 Å². The number of rotatable bonds is 10. The van der Waals surface area contributed by atoms with Gasteiger partial charge >= 0.3 is 0 Å². The zero-order chi connectivity index (χ0) is 23.7. The molecule has 33 heavy (non-hydrogen) atoms. The average Bonchev–Trinajstić information content (AvgIpc) is 2.84. The summed E-state index contributed by atoms with van der Waals surface area (Å²) < 4.78 is 38.4. The van der Waals surface area contributed by atoms with Crippen LogP contribution in [0.25, 0.3) is 0 Å². The molecule has 0 unspecified atom stereocenters. The summed E-state index contributed by atoms with van der Waals surface area (Å²) in [6.07, 6.45) is 2.97. The normalized spacial score (nSPS) is 11.5. The van der Waals surface area contributed by atoms with Crippen LogP contribution in [0.5, 0.6) is 11.5 Å². The quantitative estimate of drug-likeness (QED) is 0.362. The second-order valence-electron chi connectivity index (χ2n) is 6.82. The number of carbonyl (C=O) groups is 1.